The summed E-state index contributed by atoms with van der Waals surface area (Å²) in [5.41, 5.74) is 5.13. The molecule has 0 aliphatic heterocycles. The molecule has 0 aliphatic carbocycles. The van der Waals surface area contributed by atoms with Crippen LogP contribution in [0.2, 0.25) is 0 Å². The first-order valence-corrected chi connectivity index (χ1v) is 8.76. The fourth-order valence-electron chi connectivity index (χ4n) is 2.14. The van der Waals surface area contributed by atoms with Gasteiger partial charge in [-0.15, -0.1) is 0 Å². The van der Waals surface area contributed by atoms with Crippen molar-refractivity contribution in [3.63, 3.8) is 0 Å². The summed E-state index contributed by atoms with van der Waals surface area (Å²) >= 11 is 0. The van der Waals surface area contributed by atoms with Crippen LogP contribution in [0.15, 0.2) is 24.3 Å². The average Bonchev–Trinajstić information content (AvgIpc) is 2.55. The lowest BCUT2D eigenvalue weighted by Crippen LogP contribution is -2.40. The van der Waals surface area contributed by atoms with Gasteiger partial charge in [0.05, 0.1) is 0 Å². The van der Waals surface area contributed by atoms with Gasteiger partial charge in [0.25, 0.3) is 0 Å². The lowest BCUT2D eigenvalue weighted by Gasteiger charge is -2.13. The number of rotatable bonds is 14. The van der Waals surface area contributed by atoms with Crippen molar-refractivity contribution in [2.75, 3.05) is 6.54 Å². The minimum absolute atomic E-state index is 0.172. The maximum absolute atomic E-state index is 11.7. The highest BCUT2D eigenvalue weighted by Gasteiger charge is 2.18. The summed E-state index contributed by atoms with van der Waals surface area (Å²) in [6.45, 7) is 1.97. The van der Waals surface area contributed by atoms with Gasteiger partial charge in [0.15, 0.2) is 5.96 Å². The van der Waals surface area contributed by atoms with E-state index in [-0.39, 0.29) is 18.2 Å². The molecule has 0 fully saturated rings. The third-order valence-electron chi connectivity index (χ3n) is 3.49. The molecule has 146 valence electrons. The van der Waals surface area contributed by atoms with Crippen LogP contribution >= 0.6 is 0 Å². The number of nitrogens with two attached hydrogens (primary N) is 1. The number of unbranched alkanes of at least 4 members (excludes halogenated alkanes) is 3. The third-order valence-corrected chi connectivity index (χ3v) is 3.49. The second-order valence-corrected chi connectivity index (χ2v) is 5.97. The van der Waals surface area contributed by atoms with E-state index in [1.165, 1.54) is 6.08 Å². The van der Waals surface area contributed by atoms with Crippen molar-refractivity contribution >= 4 is 23.6 Å². The predicted octanol–water partition coefficient (Wildman–Crippen LogP) is 1.47. The number of hydrogen-bond donors (Lipinski definition) is 5. The molecule has 8 heteroatoms. The van der Waals surface area contributed by atoms with Crippen molar-refractivity contribution in [1.29, 1.82) is 5.41 Å². The summed E-state index contributed by atoms with van der Waals surface area (Å²) in [6.07, 6.45) is 11.6. The van der Waals surface area contributed by atoms with Gasteiger partial charge in [-0.05, 0) is 39.0 Å². The summed E-state index contributed by atoms with van der Waals surface area (Å²) in [5.74, 6) is -1.53. The molecule has 0 heterocycles. The first-order chi connectivity index (χ1) is 12.3. The zero-order chi connectivity index (χ0) is 19.8. The number of guanidine groups is 1. The number of amides is 1. The van der Waals surface area contributed by atoms with E-state index in [2.05, 4.69) is 10.6 Å². The van der Waals surface area contributed by atoms with Crippen LogP contribution in [0.5, 0.6) is 0 Å². The average molecular weight is 366 g/mol. The molecular formula is C18H30N4O4. The summed E-state index contributed by atoms with van der Waals surface area (Å²) in [7, 11) is 0. The molecule has 0 saturated carbocycles. The molecule has 0 bridgehead atoms. The molecule has 0 radical (unpaired) electrons. The van der Waals surface area contributed by atoms with Crippen LogP contribution in [0.3, 0.4) is 0 Å². The Hall–Kier alpha value is -2.64. The minimum Gasteiger partial charge on any atom is -0.480 e. The van der Waals surface area contributed by atoms with Gasteiger partial charge in [0.2, 0.25) is 5.91 Å². The molecule has 0 rings (SSSR count). The number of carboxylic acids is 1. The standard InChI is InChI=1S/C18H30N4O4/c1-14(23)10-7-5-3-2-4-6-8-12-16(24)22-15(17(25)26)11-9-13-21-18(19)20/h4,6,8,12,15H,2-3,5,7,9-11,13H2,1H3,(H,22,24)(H,25,26)(H4,19,20,21)/b6-4+,12-8+. The molecule has 0 aliphatic rings. The lowest BCUT2D eigenvalue weighted by atomic mass is 10.1. The van der Waals surface area contributed by atoms with Gasteiger partial charge in [-0.3, -0.25) is 10.2 Å². The van der Waals surface area contributed by atoms with E-state index in [1.54, 1.807) is 19.1 Å². The van der Waals surface area contributed by atoms with Crippen LogP contribution in [-0.2, 0) is 14.4 Å². The van der Waals surface area contributed by atoms with Crippen LogP contribution in [0, 0.1) is 5.41 Å². The van der Waals surface area contributed by atoms with E-state index in [1.807, 2.05) is 6.08 Å². The number of allylic oxidation sites excluding steroid dienone is 3. The first-order valence-electron chi connectivity index (χ1n) is 8.76. The van der Waals surface area contributed by atoms with E-state index in [4.69, 9.17) is 16.2 Å². The number of Topliss-reactive ketones (excluding diaryl/α,β-unsaturated/α-hetero) is 1. The number of hydrogen-bond acceptors (Lipinski definition) is 4. The fraction of sp³-hybridized carbons (Fsp3) is 0.556. The topological polar surface area (TPSA) is 145 Å². The smallest absolute Gasteiger partial charge is 0.326 e. The number of ketones is 1. The summed E-state index contributed by atoms with van der Waals surface area (Å²) in [6, 6.07) is -0.980. The molecule has 8 nitrogen and oxygen atoms in total. The highest BCUT2D eigenvalue weighted by Crippen LogP contribution is 2.04. The first kappa shape index (κ1) is 23.4. The van der Waals surface area contributed by atoms with Crippen LogP contribution in [-0.4, -0.2) is 41.3 Å². The Balaban J connectivity index is 4.01. The zero-order valence-corrected chi connectivity index (χ0v) is 15.3. The van der Waals surface area contributed by atoms with E-state index in [0.717, 1.165) is 25.7 Å². The number of carboxylic acid groups (broad SMARTS) is 1. The number of nitrogens with one attached hydrogen (secondary N) is 3. The van der Waals surface area contributed by atoms with Gasteiger partial charge in [-0.2, -0.15) is 0 Å². The highest BCUT2D eigenvalue weighted by molar-refractivity contribution is 5.91. The Kier molecular flexibility index (Phi) is 13.2. The molecule has 0 spiro atoms. The summed E-state index contributed by atoms with van der Waals surface area (Å²) in [5, 5.41) is 21.1. The third kappa shape index (κ3) is 14.9. The second kappa shape index (κ2) is 14.7. The SMILES string of the molecule is CC(=O)CCCCC/C=C/C=C/C(=O)NC(CCCNC(=N)N)C(=O)O. The normalized spacial score (nSPS) is 12.2. The van der Waals surface area contributed by atoms with Crippen LogP contribution in [0.4, 0.5) is 0 Å². The van der Waals surface area contributed by atoms with E-state index < -0.39 is 17.9 Å². The zero-order valence-electron chi connectivity index (χ0n) is 15.3. The number of aliphatic carboxylic acids is 1. The number of carbonyl (C=O) groups excluding carboxylic acids is 2. The number of carbonyl (C=O) groups is 3. The van der Waals surface area contributed by atoms with Crippen molar-refractivity contribution in [3.05, 3.63) is 24.3 Å². The molecule has 0 aromatic rings. The van der Waals surface area contributed by atoms with Crippen LogP contribution in [0.25, 0.3) is 0 Å². The molecular weight excluding hydrogens is 336 g/mol. The van der Waals surface area contributed by atoms with Crippen molar-refractivity contribution in [3.8, 4) is 0 Å². The van der Waals surface area contributed by atoms with Crippen molar-refractivity contribution in [1.82, 2.24) is 10.6 Å². The van der Waals surface area contributed by atoms with E-state index >= 15 is 0 Å². The second-order valence-electron chi connectivity index (χ2n) is 5.97. The molecule has 1 atom stereocenters. The van der Waals surface area contributed by atoms with Gasteiger partial charge in [0, 0.05) is 19.0 Å². The van der Waals surface area contributed by atoms with E-state index in [9.17, 15) is 14.4 Å². The molecule has 1 amide bonds. The Morgan fingerprint density at radius 3 is 2.50 bits per heavy atom. The molecule has 26 heavy (non-hydrogen) atoms. The summed E-state index contributed by atoms with van der Waals surface area (Å²) in [4.78, 5) is 33.7. The fourth-order valence-corrected chi connectivity index (χ4v) is 2.14. The Morgan fingerprint density at radius 2 is 1.88 bits per heavy atom. The maximum Gasteiger partial charge on any atom is 0.326 e. The predicted molar refractivity (Wildman–Crippen MR) is 101 cm³/mol. The van der Waals surface area contributed by atoms with Gasteiger partial charge in [0.1, 0.15) is 11.8 Å². The molecule has 0 aromatic heterocycles. The van der Waals surface area contributed by atoms with E-state index in [0.29, 0.717) is 19.4 Å². The summed E-state index contributed by atoms with van der Waals surface area (Å²) < 4.78 is 0. The molecule has 0 aromatic carbocycles. The Bertz CT molecular complexity index is 529. The molecule has 0 saturated heterocycles. The van der Waals surface area contributed by atoms with Gasteiger partial charge in [-0.1, -0.05) is 24.6 Å². The molecule has 6 N–H and O–H groups in total. The van der Waals surface area contributed by atoms with Gasteiger partial charge in [-0.25, -0.2) is 4.79 Å². The van der Waals surface area contributed by atoms with Gasteiger partial charge >= 0.3 is 5.97 Å². The maximum atomic E-state index is 11.7. The molecule has 1 unspecified atom stereocenters. The largest absolute Gasteiger partial charge is 0.480 e. The van der Waals surface area contributed by atoms with Crippen molar-refractivity contribution in [2.45, 2.75) is 57.9 Å². The Morgan fingerprint density at radius 1 is 1.15 bits per heavy atom. The van der Waals surface area contributed by atoms with Crippen molar-refractivity contribution < 1.29 is 19.5 Å². The van der Waals surface area contributed by atoms with Gasteiger partial charge < -0.3 is 26.3 Å². The Labute approximate surface area is 154 Å². The monoisotopic (exact) mass is 366 g/mol. The van der Waals surface area contributed by atoms with Crippen LogP contribution in [0.1, 0.15) is 51.9 Å². The van der Waals surface area contributed by atoms with Crippen molar-refractivity contribution in [2.24, 2.45) is 5.73 Å². The minimum atomic E-state index is -1.10. The van der Waals surface area contributed by atoms with Crippen LogP contribution < -0.4 is 16.4 Å². The lowest BCUT2D eigenvalue weighted by molar-refractivity contribution is -0.141. The highest BCUT2D eigenvalue weighted by atomic mass is 16.4. The quantitative estimate of drug-likeness (QED) is 0.103.